The van der Waals surface area contributed by atoms with Crippen molar-refractivity contribution in [1.29, 1.82) is 0 Å². The molecule has 0 amide bonds. The van der Waals surface area contributed by atoms with Crippen LogP contribution in [0, 0.1) is 5.92 Å². The molecule has 1 aromatic rings. The Hall–Kier alpha value is -0.920. The molecule has 6 nitrogen and oxygen atoms in total. The van der Waals surface area contributed by atoms with Gasteiger partial charge in [0.25, 0.3) is 10.0 Å². The lowest BCUT2D eigenvalue weighted by Gasteiger charge is -2.34. The molecule has 0 saturated carbocycles. The first-order valence-electron chi connectivity index (χ1n) is 7.18. The highest BCUT2D eigenvalue weighted by Crippen LogP contribution is 2.25. The summed E-state index contributed by atoms with van der Waals surface area (Å²) in [5.41, 5.74) is 0. The quantitative estimate of drug-likeness (QED) is 0.874. The predicted octanol–water partition coefficient (Wildman–Crippen LogP) is 0.819. The fraction of sp³-hybridized carbons (Fsp3) is 0.769. The number of aromatic nitrogens is 2. The zero-order valence-corrected chi connectivity index (χ0v) is 13.2. The van der Waals surface area contributed by atoms with Crippen LogP contribution in [0.3, 0.4) is 0 Å². The lowest BCUT2D eigenvalue weighted by atomic mass is 9.91. The van der Waals surface area contributed by atoms with E-state index in [1.807, 2.05) is 0 Å². The zero-order valence-electron chi connectivity index (χ0n) is 12.4. The van der Waals surface area contributed by atoms with E-state index in [4.69, 9.17) is 0 Å². The molecule has 7 heteroatoms. The minimum atomic E-state index is -3.40. The second-order valence-corrected chi connectivity index (χ2v) is 7.27. The van der Waals surface area contributed by atoms with Crippen molar-refractivity contribution in [3.63, 3.8) is 0 Å². The molecule has 2 rings (SSSR count). The van der Waals surface area contributed by atoms with E-state index in [1.54, 1.807) is 17.4 Å². The van der Waals surface area contributed by atoms with Crippen LogP contribution in [0.25, 0.3) is 0 Å². The maximum atomic E-state index is 12.5. The number of nitrogens with zero attached hydrogens (tertiary/aromatic N) is 3. The summed E-state index contributed by atoms with van der Waals surface area (Å²) < 4.78 is 28.0. The summed E-state index contributed by atoms with van der Waals surface area (Å²) in [5, 5.41) is 7.64. The van der Waals surface area contributed by atoms with Crippen molar-refractivity contribution in [2.75, 3.05) is 19.6 Å². The van der Waals surface area contributed by atoms with Gasteiger partial charge in [0.2, 0.25) is 0 Å². The summed E-state index contributed by atoms with van der Waals surface area (Å²) in [6, 6.07) is 2.00. The maximum absolute atomic E-state index is 12.5. The number of nitrogens with one attached hydrogen (secondary N) is 1. The van der Waals surface area contributed by atoms with Gasteiger partial charge < -0.3 is 5.32 Å². The van der Waals surface area contributed by atoms with Crippen LogP contribution in [0.1, 0.15) is 26.7 Å². The Balaban J connectivity index is 2.02. The van der Waals surface area contributed by atoms with Crippen LogP contribution >= 0.6 is 0 Å². The summed E-state index contributed by atoms with van der Waals surface area (Å²) in [4.78, 5) is 0. The normalized spacial score (nSPS) is 20.1. The number of hydrogen-bond donors (Lipinski definition) is 1. The van der Waals surface area contributed by atoms with Crippen molar-refractivity contribution in [3.05, 3.63) is 12.3 Å². The molecular weight excluding hydrogens is 276 g/mol. The molecule has 1 aliphatic rings. The first-order valence-corrected chi connectivity index (χ1v) is 8.62. The van der Waals surface area contributed by atoms with Crippen LogP contribution < -0.4 is 5.32 Å². The fourth-order valence-corrected chi connectivity index (χ4v) is 4.42. The third kappa shape index (κ3) is 3.05. The molecular formula is C13H24N4O2S. The van der Waals surface area contributed by atoms with Crippen molar-refractivity contribution in [3.8, 4) is 0 Å². The van der Waals surface area contributed by atoms with Crippen LogP contribution in [0.5, 0.6) is 0 Å². The molecule has 1 atom stereocenters. The van der Waals surface area contributed by atoms with Gasteiger partial charge in [-0.05, 0) is 38.3 Å². The SMILES string of the molecule is CCNC(C)C1CCN(S(=O)(=O)c2ccnn2C)CC1. The van der Waals surface area contributed by atoms with E-state index < -0.39 is 10.0 Å². The van der Waals surface area contributed by atoms with E-state index in [-0.39, 0.29) is 5.03 Å². The average Bonchev–Trinajstić information content (AvgIpc) is 2.86. The van der Waals surface area contributed by atoms with E-state index >= 15 is 0 Å². The Kier molecular flexibility index (Phi) is 4.82. The Labute approximate surface area is 121 Å². The predicted molar refractivity (Wildman–Crippen MR) is 77.8 cm³/mol. The Morgan fingerprint density at radius 2 is 2.10 bits per heavy atom. The summed E-state index contributed by atoms with van der Waals surface area (Å²) in [6.45, 7) is 6.41. The monoisotopic (exact) mass is 300 g/mol. The van der Waals surface area contributed by atoms with E-state index in [9.17, 15) is 8.42 Å². The topological polar surface area (TPSA) is 67.2 Å². The zero-order chi connectivity index (χ0) is 14.8. The molecule has 1 fully saturated rings. The maximum Gasteiger partial charge on any atom is 0.260 e. The number of piperidine rings is 1. The van der Waals surface area contributed by atoms with Crippen LogP contribution in [0.2, 0.25) is 0 Å². The van der Waals surface area contributed by atoms with Gasteiger partial charge in [0.1, 0.15) is 0 Å². The van der Waals surface area contributed by atoms with Gasteiger partial charge in [0.15, 0.2) is 5.03 Å². The second-order valence-electron chi connectivity index (χ2n) is 5.38. The first kappa shape index (κ1) is 15.5. The van der Waals surface area contributed by atoms with Crippen molar-refractivity contribution < 1.29 is 8.42 Å². The Bertz CT molecular complexity index is 532. The largest absolute Gasteiger partial charge is 0.314 e. The van der Waals surface area contributed by atoms with Crippen LogP contribution in [-0.2, 0) is 17.1 Å². The summed E-state index contributed by atoms with van der Waals surface area (Å²) >= 11 is 0. The smallest absolute Gasteiger partial charge is 0.260 e. The minimum Gasteiger partial charge on any atom is -0.314 e. The van der Waals surface area contributed by atoms with E-state index in [1.165, 1.54) is 10.9 Å². The highest BCUT2D eigenvalue weighted by atomic mass is 32.2. The van der Waals surface area contributed by atoms with Crippen LogP contribution in [-0.4, -0.2) is 48.2 Å². The standard InChI is InChI=1S/C13H24N4O2S/c1-4-14-11(2)12-6-9-17(10-7-12)20(18,19)13-5-8-15-16(13)3/h5,8,11-12,14H,4,6-7,9-10H2,1-3H3. The van der Waals surface area contributed by atoms with Crippen molar-refractivity contribution in [2.24, 2.45) is 13.0 Å². The van der Waals surface area contributed by atoms with Crippen LogP contribution in [0.15, 0.2) is 17.3 Å². The van der Waals surface area contributed by atoms with Gasteiger partial charge in [-0.3, -0.25) is 4.68 Å². The van der Waals surface area contributed by atoms with Gasteiger partial charge in [-0.15, -0.1) is 0 Å². The molecule has 0 aliphatic carbocycles. The number of rotatable bonds is 5. The summed E-state index contributed by atoms with van der Waals surface area (Å²) in [6.07, 6.45) is 3.34. The van der Waals surface area contributed by atoms with Gasteiger partial charge in [-0.1, -0.05) is 6.92 Å². The average molecular weight is 300 g/mol. The molecule has 0 radical (unpaired) electrons. The fourth-order valence-electron chi connectivity index (χ4n) is 2.85. The van der Waals surface area contributed by atoms with Gasteiger partial charge in [-0.2, -0.15) is 9.40 Å². The third-order valence-corrected chi connectivity index (χ3v) is 6.09. The van der Waals surface area contributed by atoms with Crippen molar-refractivity contribution in [1.82, 2.24) is 19.4 Å². The highest BCUT2D eigenvalue weighted by molar-refractivity contribution is 7.89. The Morgan fingerprint density at radius 1 is 1.45 bits per heavy atom. The molecule has 0 aromatic carbocycles. The van der Waals surface area contributed by atoms with Crippen molar-refractivity contribution >= 4 is 10.0 Å². The van der Waals surface area contributed by atoms with E-state index in [0.29, 0.717) is 25.0 Å². The molecule has 0 spiro atoms. The number of aryl methyl sites for hydroxylation is 1. The van der Waals surface area contributed by atoms with Crippen molar-refractivity contribution in [2.45, 2.75) is 37.8 Å². The molecule has 0 bridgehead atoms. The molecule has 1 aromatic heterocycles. The Morgan fingerprint density at radius 3 is 2.60 bits per heavy atom. The molecule has 1 aliphatic heterocycles. The lowest BCUT2D eigenvalue weighted by molar-refractivity contribution is 0.232. The molecule has 1 N–H and O–H groups in total. The highest BCUT2D eigenvalue weighted by Gasteiger charge is 2.32. The van der Waals surface area contributed by atoms with Gasteiger partial charge in [0.05, 0.1) is 6.20 Å². The molecule has 20 heavy (non-hydrogen) atoms. The number of hydrogen-bond acceptors (Lipinski definition) is 4. The van der Waals surface area contributed by atoms with Crippen LogP contribution in [0.4, 0.5) is 0 Å². The molecule has 1 unspecified atom stereocenters. The summed E-state index contributed by atoms with van der Waals surface area (Å²) in [7, 11) is -1.74. The third-order valence-electron chi connectivity index (χ3n) is 4.11. The van der Waals surface area contributed by atoms with Gasteiger partial charge >= 0.3 is 0 Å². The summed E-state index contributed by atoms with van der Waals surface area (Å²) in [5.74, 6) is 0.549. The first-order chi connectivity index (χ1) is 9.46. The second kappa shape index (κ2) is 6.24. The van der Waals surface area contributed by atoms with E-state index in [0.717, 1.165) is 19.4 Å². The lowest BCUT2D eigenvalue weighted by Crippen LogP contribution is -2.44. The van der Waals surface area contributed by atoms with Gasteiger partial charge in [0, 0.05) is 26.2 Å². The van der Waals surface area contributed by atoms with Gasteiger partial charge in [-0.25, -0.2) is 8.42 Å². The van der Waals surface area contributed by atoms with E-state index in [2.05, 4.69) is 24.3 Å². The minimum absolute atomic E-state index is 0.274. The molecule has 1 saturated heterocycles. The number of sulfonamides is 1. The molecule has 114 valence electrons. The molecule has 2 heterocycles.